The molecule has 0 radical (unpaired) electrons. The molecule has 0 saturated carbocycles. The average molecular weight is 572 g/mol. The molecule has 9 aromatic rings. The predicted molar refractivity (Wildman–Crippen MR) is 172 cm³/mol. The van der Waals surface area contributed by atoms with Crippen molar-refractivity contribution in [1.82, 2.24) is 43.4 Å². The minimum Gasteiger partial charge on any atom is -0.278 e. The largest absolute Gasteiger partial charge is 0.278 e. The number of hydrogen-bond donors (Lipinski definition) is 0. The summed E-state index contributed by atoms with van der Waals surface area (Å²) < 4.78 is 6.30. The van der Waals surface area contributed by atoms with Gasteiger partial charge in [0.25, 0.3) is 0 Å². The summed E-state index contributed by atoms with van der Waals surface area (Å²) >= 11 is 0. The van der Waals surface area contributed by atoms with Gasteiger partial charge in [0.15, 0.2) is 5.82 Å². The molecule has 210 valence electrons. The van der Waals surface area contributed by atoms with Gasteiger partial charge in [0.05, 0.1) is 33.1 Å². The summed E-state index contributed by atoms with van der Waals surface area (Å²) in [6.45, 7) is 5.89. The smallest absolute Gasteiger partial charge is 0.242 e. The van der Waals surface area contributed by atoms with E-state index in [0.29, 0.717) is 29.2 Å². The van der Waals surface area contributed by atoms with E-state index in [0.717, 1.165) is 60.9 Å². The number of aryl methyl sites for hydroxylation is 2. The Bertz CT molecular complexity index is 2550. The maximum absolute atomic E-state index is 5.20. The number of imidazole rings is 2. The lowest BCUT2D eigenvalue weighted by atomic mass is 10.2. The third-order valence-electron chi connectivity index (χ3n) is 8.41. The molecule has 0 amide bonds. The van der Waals surface area contributed by atoms with Crippen LogP contribution < -0.4 is 0 Å². The topological polar surface area (TPSA) is 91.6 Å². The highest BCUT2D eigenvalue weighted by Crippen LogP contribution is 2.33. The second-order valence-electron chi connectivity index (χ2n) is 11.0. The van der Waals surface area contributed by atoms with Crippen LogP contribution in [-0.2, 0) is 0 Å². The van der Waals surface area contributed by atoms with Crippen molar-refractivity contribution in [3.8, 4) is 23.4 Å². The molecule has 0 spiro atoms. The van der Waals surface area contributed by atoms with Crippen molar-refractivity contribution in [3.63, 3.8) is 0 Å². The molecule has 0 aliphatic heterocycles. The number of para-hydroxylation sites is 6. The van der Waals surface area contributed by atoms with Crippen LogP contribution in [0.1, 0.15) is 17.1 Å². The van der Waals surface area contributed by atoms with E-state index in [1.165, 1.54) is 0 Å². The van der Waals surface area contributed by atoms with Gasteiger partial charge in [-0.25, -0.2) is 19.5 Å². The van der Waals surface area contributed by atoms with Gasteiger partial charge in [-0.15, -0.1) is 0 Å². The van der Waals surface area contributed by atoms with Gasteiger partial charge in [-0.1, -0.05) is 60.7 Å². The lowest BCUT2D eigenvalue weighted by molar-refractivity contribution is 0.874. The van der Waals surface area contributed by atoms with Gasteiger partial charge in [0.2, 0.25) is 17.7 Å². The van der Waals surface area contributed by atoms with Crippen LogP contribution in [0, 0.1) is 20.8 Å². The van der Waals surface area contributed by atoms with Gasteiger partial charge in [0.1, 0.15) is 11.5 Å². The zero-order valence-corrected chi connectivity index (χ0v) is 24.3. The Hall–Kier alpha value is -5.96. The first-order chi connectivity index (χ1) is 21.6. The summed E-state index contributed by atoms with van der Waals surface area (Å²) in [5.74, 6) is 2.83. The molecule has 9 heteroatoms. The minimum absolute atomic E-state index is 0.460. The van der Waals surface area contributed by atoms with Crippen LogP contribution in [0.15, 0.2) is 97.1 Å². The molecule has 4 aromatic carbocycles. The van der Waals surface area contributed by atoms with Crippen molar-refractivity contribution in [2.45, 2.75) is 20.8 Å². The standard InChI is InChI=1S/C35H25N9/c1-20-21(2)36-22(3)37-31(20)32-39-33(42-26-15-7-4-12-23(26)24-13-5-8-16-27(24)42)41-34(40-32)44-30-19-11-10-18-29(30)43-28-17-9-6-14-25(28)38-35(43)44/h4-19H,1-3H3. The molecule has 9 rings (SSSR count). The zero-order valence-electron chi connectivity index (χ0n) is 24.3. The van der Waals surface area contributed by atoms with E-state index in [2.05, 4.69) is 68.5 Å². The van der Waals surface area contributed by atoms with Gasteiger partial charge in [-0.05, 0) is 62.7 Å². The van der Waals surface area contributed by atoms with Crippen LogP contribution in [0.5, 0.6) is 0 Å². The summed E-state index contributed by atoms with van der Waals surface area (Å²) in [6, 6.07) is 33.1. The highest BCUT2D eigenvalue weighted by Gasteiger charge is 2.23. The van der Waals surface area contributed by atoms with Crippen molar-refractivity contribution < 1.29 is 0 Å². The van der Waals surface area contributed by atoms with E-state index in [1.54, 1.807) is 0 Å². The predicted octanol–water partition coefficient (Wildman–Crippen LogP) is 7.10. The maximum Gasteiger partial charge on any atom is 0.242 e. The normalized spacial score (nSPS) is 12.0. The first kappa shape index (κ1) is 24.6. The second kappa shape index (κ2) is 9.02. The van der Waals surface area contributed by atoms with E-state index in [1.807, 2.05) is 67.8 Å². The second-order valence-corrected chi connectivity index (χ2v) is 11.0. The van der Waals surface area contributed by atoms with Crippen LogP contribution in [0.25, 0.3) is 73.1 Å². The molecule has 0 aliphatic carbocycles. The Labute approximate surface area is 251 Å². The van der Waals surface area contributed by atoms with Crippen molar-refractivity contribution in [2.24, 2.45) is 0 Å². The Balaban J connectivity index is 1.44. The van der Waals surface area contributed by atoms with E-state index in [-0.39, 0.29) is 0 Å². The van der Waals surface area contributed by atoms with Crippen molar-refractivity contribution >= 4 is 49.7 Å². The van der Waals surface area contributed by atoms with Crippen LogP contribution in [0.2, 0.25) is 0 Å². The summed E-state index contributed by atoms with van der Waals surface area (Å²) in [5, 5.41) is 2.26. The molecule has 0 unspecified atom stereocenters. The van der Waals surface area contributed by atoms with E-state index >= 15 is 0 Å². The highest BCUT2D eigenvalue weighted by molar-refractivity contribution is 6.09. The van der Waals surface area contributed by atoms with Gasteiger partial charge in [0, 0.05) is 16.5 Å². The molecule has 0 bridgehead atoms. The van der Waals surface area contributed by atoms with Gasteiger partial charge in [-0.3, -0.25) is 8.97 Å². The molecule has 0 fully saturated rings. The maximum atomic E-state index is 5.20. The fraction of sp³-hybridized carbons (Fsp3) is 0.0857. The number of hydrogen-bond acceptors (Lipinski definition) is 6. The Kier molecular flexibility index (Phi) is 5.05. The van der Waals surface area contributed by atoms with Crippen molar-refractivity contribution in [2.75, 3.05) is 0 Å². The molecule has 0 aliphatic rings. The average Bonchev–Trinajstić information content (AvgIpc) is 3.69. The van der Waals surface area contributed by atoms with Gasteiger partial charge >= 0.3 is 0 Å². The molecule has 44 heavy (non-hydrogen) atoms. The van der Waals surface area contributed by atoms with Crippen LogP contribution >= 0.6 is 0 Å². The molecule has 5 aromatic heterocycles. The number of benzene rings is 4. The molecule has 0 saturated heterocycles. The van der Waals surface area contributed by atoms with Gasteiger partial charge in [-0.2, -0.15) is 15.0 Å². The molecule has 0 N–H and O–H groups in total. The third kappa shape index (κ3) is 3.40. The summed E-state index contributed by atoms with van der Waals surface area (Å²) in [7, 11) is 0. The monoisotopic (exact) mass is 571 g/mol. The number of fused-ring (bicyclic) bond motifs is 8. The van der Waals surface area contributed by atoms with Gasteiger partial charge < -0.3 is 0 Å². The molecular weight excluding hydrogens is 546 g/mol. The number of aromatic nitrogens is 9. The van der Waals surface area contributed by atoms with E-state index < -0.39 is 0 Å². The lowest BCUT2D eigenvalue weighted by Crippen LogP contribution is -2.12. The zero-order chi connectivity index (χ0) is 29.5. The fourth-order valence-corrected chi connectivity index (χ4v) is 6.33. The summed E-state index contributed by atoms with van der Waals surface area (Å²) in [5.41, 5.74) is 8.40. The molecule has 5 heterocycles. The van der Waals surface area contributed by atoms with E-state index in [4.69, 9.17) is 24.9 Å². The molecule has 9 nitrogen and oxygen atoms in total. The van der Waals surface area contributed by atoms with E-state index in [9.17, 15) is 0 Å². The number of nitrogens with zero attached hydrogens (tertiary/aromatic N) is 9. The first-order valence-corrected chi connectivity index (χ1v) is 14.5. The summed E-state index contributed by atoms with van der Waals surface area (Å²) in [6.07, 6.45) is 0. The Morgan fingerprint density at radius 3 is 1.75 bits per heavy atom. The first-order valence-electron chi connectivity index (χ1n) is 14.5. The van der Waals surface area contributed by atoms with Crippen LogP contribution in [0.4, 0.5) is 0 Å². The Morgan fingerprint density at radius 2 is 1.05 bits per heavy atom. The number of rotatable bonds is 3. The van der Waals surface area contributed by atoms with Crippen LogP contribution in [-0.4, -0.2) is 43.4 Å². The minimum atomic E-state index is 0.460. The van der Waals surface area contributed by atoms with Crippen molar-refractivity contribution in [1.29, 1.82) is 0 Å². The molecular formula is C35H25N9. The van der Waals surface area contributed by atoms with Crippen LogP contribution in [0.3, 0.4) is 0 Å². The summed E-state index contributed by atoms with van der Waals surface area (Å²) in [4.78, 5) is 29.9. The third-order valence-corrected chi connectivity index (χ3v) is 8.41. The molecule has 0 atom stereocenters. The highest BCUT2D eigenvalue weighted by atomic mass is 15.3. The lowest BCUT2D eigenvalue weighted by Gasteiger charge is -2.13. The quantitative estimate of drug-likeness (QED) is 0.225. The Morgan fingerprint density at radius 1 is 0.477 bits per heavy atom. The van der Waals surface area contributed by atoms with Crippen molar-refractivity contribution in [3.05, 3.63) is 114 Å². The fourth-order valence-electron chi connectivity index (χ4n) is 6.33. The SMILES string of the molecule is Cc1nc(C)c(C)c(-c2nc(-n3c4ccccc4c4ccccc43)nc(-n3c4ccccc4n4c5ccccc5nc34)n2)n1.